The molecule has 1 amide bonds. The average Bonchev–Trinajstić information content (AvgIpc) is 2.76. The molecule has 30 heavy (non-hydrogen) atoms. The maximum Gasteiger partial charge on any atom is 0.275 e. The summed E-state index contributed by atoms with van der Waals surface area (Å²) in [5.74, 6) is 1.31. The van der Waals surface area contributed by atoms with E-state index >= 15 is 0 Å². The Labute approximate surface area is 176 Å². The molecule has 0 aliphatic heterocycles. The number of hydrogen-bond donors (Lipinski definition) is 3. The van der Waals surface area contributed by atoms with Gasteiger partial charge in [-0.05, 0) is 24.6 Å². The third kappa shape index (κ3) is 5.67. The SMILES string of the molecule is CCCC[NH+](CC(=O)NCc1ccccc1OC)Cc1nc2ccccc2c(=O)[nH]1. The van der Waals surface area contributed by atoms with Crippen LogP contribution in [0.2, 0.25) is 0 Å². The summed E-state index contributed by atoms with van der Waals surface area (Å²) in [6.45, 7) is 4.16. The molecule has 1 atom stereocenters. The minimum Gasteiger partial charge on any atom is -0.496 e. The number of fused-ring (bicyclic) bond motifs is 1. The molecule has 1 aromatic heterocycles. The molecule has 0 fully saturated rings. The molecule has 0 saturated carbocycles. The highest BCUT2D eigenvalue weighted by atomic mass is 16.5. The number of aromatic amines is 1. The van der Waals surface area contributed by atoms with Crippen LogP contribution in [-0.4, -0.2) is 36.1 Å². The summed E-state index contributed by atoms with van der Waals surface area (Å²) >= 11 is 0. The maximum atomic E-state index is 12.6. The summed E-state index contributed by atoms with van der Waals surface area (Å²) in [6, 6.07) is 14.9. The molecule has 3 N–H and O–H groups in total. The summed E-state index contributed by atoms with van der Waals surface area (Å²) in [5, 5.41) is 3.55. The molecule has 1 unspecified atom stereocenters. The van der Waals surface area contributed by atoms with Crippen LogP contribution in [0.4, 0.5) is 0 Å². The minimum atomic E-state index is -0.147. The number of carbonyl (C=O) groups is 1. The number of quaternary nitrogens is 1. The molecule has 158 valence electrons. The fraction of sp³-hybridized carbons (Fsp3) is 0.348. The molecule has 3 rings (SSSR count). The van der Waals surface area contributed by atoms with Gasteiger partial charge < -0.3 is 19.9 Å². The number of H-pyrrole nitrogens is 1. The van der Waals surface area contributed by atoms with Crippen molar-refractivity contribution >= 4 is 16.8 Å². The lowest BCUT2D eigenvalue weighted by molar-refractivity contribution is -0.906. The van der Waals surface area contributed by atoms with Crippen LogP contribution in [0.1, 0.15) is 31.2 Å². The van der Waals surface area contributed by atoms with Crippen molar-refractivity contribution in [2.24, 2.45) is 0 Å². The van der Waals surface area contributed by atoms with Crippen molar-refractivity contribution in [2.75, 3.05) is 20.2 Å². The number of amides is 1. The van der Waals surface area contributed by atoms with Crippen LogP contribution in [0, 0.1) is 0 Å². The molecular formula is C23H29N4O3+. The highest BCUT2D eigenvalue weighted by molar-refractivity contribution is 5.77. The predicted molar refractivity (Wildman–Crippen MR) is 117 cm³/mol. The standard InChI is InChI=1S/C23H28N4O3/c1-3-4-13-27(15-21-25-19-11-7-6-10-18(19)23(29)26-21)16-22(28)24-14-17-9-5-8-12-20(17)30-2/h5-12H,3-4,13-16H2,1-2H3,(H,24,28)(H,25,26,29)/p+1. The van der Waals surface area contributed by atoms with Gasteiger partial charge in [0.2, 0.25) is 0 Å². The molecule has 1 heterocycles. The molecule has 0 bridgehead atoms. The Bertz CT molecular complexity index is 1050. The first-order valence-corrected chi connectivity index (χ1v) is 10.3. The quantitative estimate of drug-likeness (QED) is 0.473. The Balaban J connectivity index is 1.67. The number of aromatic nitrogens is 2. The number of rotatable bonds is 10. The third-order valence-electron chi connectivity index (χ3n) is 5.04. The molecule has 7 nitrogen and oxygen atoms in total. The van der Waals surface area contributed by atoms with Gasteiger partial charge in [-0.25, -0.2) is 4.98 Å². The van der Waals surface area contributed by atoms with Crippen LogP contribution < -0.4 is 20.5 Å². The zero-order valence-electron chi connectivity index (χ0n) is 17.5. The zero-order valence-corrected chi connectivity index (χ0v) is 17.5. The highest BCUT2D eigenvalue weighted by Gasteiger charge is 2.17. The normalized spacial score (nSPS) is 11.9. The van der Waals surface area contributed by atoms with E-state index in [1.807, 2.05) is 42.5 Å². The van der Waals surface area contributed by atoms with Crippen molar-refractivity contribution in [2.45, 2.75) is 32.9 Å². The first-order valence-electron chi connectivity index (χ1n) is 10.3. The van der Waals surface area contributed by atoms with E-state index in [0.717, 1.165) is 35.6 Å². The second-order valence-electron chi connectivity index (χ2n) is 7.33. The molecule has 0 radical (unpaired) electrons. The number of nitrogens with zero attached hydrogens (tertiary/aromatic N) is 1. The van der Waals surface area contributed by atoms with E-state index < -0.39 is 0 Å². The van der Waals surface area contributed by atoms with Gasteiger partial charge in [0.1, 0.15) is 12.3 Å². The van der Waals surface area contributed by atoms with Crippen molar-refractivity contribution in [3.63, 3.8) is 0 Å². The van der Waals surface area contributed by atoms with E-state index in [9.17, 15) is 9.59 Å². The first kappa shape index (κ1) is 21.5. The van der Waals surface area contributed by atoms with Gasteiger partial charge in [0.15, 0.2) is 12.4 Å². The number of carbonyl (C=O) groups excluding carboxylic acids is 1. The topological polar surface area (TPSA) is 88.5 Å². The molecule has 0 aliphatic rings. The number of unbranched alkanes of at least 4 members (excludes halogenated alkanes) is 1. The Kier molecular flexibility index (Phi) is 7.57. The molecule has 2 aromatic carbocycles. The van der Waals surface area contributed by atoms with E-state index in [1.165, 1.54) is 0 Å². The fourth-order valence-electron chi connectivity index (χ4n) is 3.45. The number of methoxy groups -OCH3 is 1. The first-order chi connectivity index (χ1) is 14.6. The fourth-order valence-corrected chi connectivity index (χ4v) is 3.45. The van der Waals surface area contributed by atoms with Gasteiger partial charge in [0.05, 0.1) is 24.6 Å². The van der Waals surface area contributed by atoms with Gasteiger partial charge in [-0.2, -0.15) is 0 Å². The Hall–Kier alpha value is -3.19. The summed E-state index contributed by atoms with van der Waals surface area (Å²) in [4.78, 5) is 33.4. The Morgan fingerprint density at radius 3 is 2.73 bits per heavy atom. The van der Waals surface area contributed by atoms with Crippen LogP contribution in [0.25, 0.3) is 10.9 Å². The number of hydrogen-bond acceptors (Lipinski definition) is 4. The molecule has 7 heteroatoms. The van der Waals surface area contributed by atoms with Crippen LogP contribution in [0.5, 0.6) is 5.75 Å². The number of nitrogens with one attached hydrogen (secondary N) is 3. The minimum absolute atomic E-state index is 0.0462. The van der Waals surface area contributed by atoms with Crippen molar-refractivity contribution in [3.05, 3.63) is 70.3 Å². The maximum absolute atomic E-state index is 12.6. The lowest BCUT2D eigenvalue weighted by Gasteiger charge is -2.19. The third-order valence-corrected chi connectivity index (χ3v) is 5.04. The van der Waals surface area contributed by atoms with Gasteiger partial charge >= 0.3 is 0 Å². The molecule has 0 spiro atoms. The summed E-state index contributed by atoms with van der Waals surface area (Å²) in [6.07, 6.45) is 2.03. The smallest absolute Gasteiger partial charge is 0.275 e. The van der Waals surface area contributed by atoms with Gasteiger partial charge in [0, 0.05) is 12.1 Å². The van der Waals surface area contributed by atoms with Crippen molar-refractivity contribution in [3.8, 4) is 5.75 Å². The van der Waals surface area contributed by atoms with Gasteiger partial charge in [-0.15, -0.1) is 0 Å². The van der Waals surface area contributed by atoms with Gasteiger partial charge in [0.25, 0.3) is 11.5 Å². The Morgan fingerprint density at radius 2 is 1.93 bits per heavy atom. The average molecular weight is 410 g/mol. The van der Waals surface area contributed by atoms with E-state index in [4.69, 9.17) is 4.74 Å². The number of benzene rings is 2. The second kappa shape index (κ2) is 10.5. The van der Waals surface area contributed by atoms with E-state index in [2.05, 4.69) is 22.2 Å². The summed E-state index contributed by atoms with van der Waals surface area (Å²) in [7, 11) is 1.62. The highest BCUT2D eigenvalue weighted by Crippen LogP contribution is 2.16. The molecular weight excluding hydrogens is 380 g/mol. The van der Waals surface area contributed by atoms with Crippen molar-refractivity contribution in [1.29, 1.82) is 0 Å². The van der Waals surface area contributed by atoms with Gasteiger partial charge in [-0.3, -0.25) is 9.59 Å². The predicted octanol–water partition coefficient (Wildman–Crippen LogP) is 1.43. The summed E-state index contributed by atoms with van der Waals surface area (Å²) < 4.78 is 5.34. The lowest BCUT2D eigenvalue weighted by Crippen LogP contribution is -3.12. The molecule has 0 saturated heterocycles. The zero-order chi connectivity index (χ0) is 21.3. The lowest BCUT2D eigenvalue weighted by atomic mass is 10.2. The van der Waals surface area contributed by atoms with Crippen LogP contribution in [0.15, 0.2) is 53.3 Å². The van der Waals surface area contributed by atoms with Crippen molar-refractivity contribution < 1.29 is 14.4 Å². The van der Waals surface area contributed by atoms with Crippen LogP contribution in [-0.2, 0) is 17.9 Å². The monoisotopic (exact) mass is 409 g/mol. The van der Waals surface area contributed by atoms with Crippen molar-refractivity contribution in [1.82, 2.24) is 15.3 Å². The largest absolute Gasteiger partial charge is 0.496 e. The van der Waals surface area contributed by atoms with E-state index in [0.29, 0.717) is 36.4 Å². The van der Waals surface area contributed by atoms with Crippen LogP contribution >= 0.6 is 0 Å². The van der Waals surface area contributed by atoms with Crippen LogP contribution in [0.3, 0.4) is 0 Å². The number of para-hydroxylation sites is 2. The molecule has 0 aliphatic carbocycles. The Morgan fingerprint density at radius 1 is 1.17 bits per heavy atom. The molecule has 3 aromatic rings. The van der Waals surface area contributed by atoms with E-state index in [1.54, 1.807) is 13.2 Å². The summed E-state index contributed by atoms with van der Waals surface area (Å²) in [5.41, 5.74) is 1.46. The second-order valence-corrected chi connectivity index (χ2v) is 7.33. The van der Waals surface area contributed by atoms with E-state index in [-0.39, 0.29) is 11.5 Å². The van der Waals surface area contributed by atoms with Gasteiger partial charge in [-0.1, -0.05) is 43.7 Å². The number of ether oxygens (including phenoxy) is 1.